The standard InChI is InChI=1S/C12H12F6O2S/c1-3-10(8-4-6-9(13)7-5-8)11(12(19)20-2)21(14,15,16,17)18/h3-7,10-11H,1H2,2H3. The molecule has 0 bridgehead atoms. The third-order valence-corrected chi connectivity index (χ3v) is 4.19. The summed E-state index contributed by atoms with van der Waals surface area (Å²) in [5.41, 5.74) is -0.324. The Labute approximate surface area is 117 Å². The van der Waals surface area contributed by atoms with E-state index in [-0.39, 0.29) is 5.56 Å². The number of carbonyl (C=O) groups excluding carboxylic acids is 1. The van der Waals surface area contributed by atoms with E-state index in [0.29, 0.717) is 13.2 Å². The highest BCUT2D eigenvalue weighted by Crippen LogP contribution is 3.01. The minimum Gasteiger partial charge on any atom is -0.468 e. The van der Waals surface area contributed by atoms with Crippen LogP contribution in [0.1, 0.15) is 11.5 Å². The van der Waals surface area contributed by atoms with Crippen LogP contribution >= 0.6 is 10.2 Å². The smallest absolute Gasteiger partial charge is 0.329 e. The lowest BCUT2D eigenvalue weighted by Gasteiger charge is -2.47. The molecule has 0 heterocycles. The Bertz CT molecular complexity index is 551. The molecule has 0 N–H and O–H groups in total. The molecule has 0 aliphatic heterocycles. The predicted molar refractivity (Wildman–Crippen MR) is 68.3 cm³/mol. The summed E-state index contributed by atoms with van der Waals surface area (Å²) in [6.45, 7) is 3.06. The lowest BCUT2D eigenvalue weighted by atomic mass is 9.95. The fourth-order valence-electron chi connectivity index (χ4n) is 1.84. The first-order valence-corrected chi connectivity index (χ1v) is 7.50. The van der Waals surface area contributed by atoms with Gasteiger partial charge in [-0.3, -0.25) is 4.79 Å². The first kappa shape index (κ1) is 17.4. The van der Waals surface area contributed by atoms with Gasteiger partial charge >= 0.3 is 5.97 Å². The van der Waals surface area contributed by atoms with Crippen molar-refractivity contribution in [3.63, 3.8) is 0 Å². The van der Waals surface area contributed by atoms with Crippen molar-refractivity contribution < 1.29 is 33.4 Å². The molecule has 0 spiro atoms. The lowest BCUT2D eigenvalue weighted by Crippen LogP contribution is -2.39. The molecule has 120 valence electrons. The Kier molecular flexibility index (Phi) is 3.89. The highest BCUT2D eigenvalue weighted by Gasteiger charge is 2.75. The van der Waals surface area contributed by atoms with E-state index in [1.807, 2.05) is 0 Å². The molecular weight excluding hydrogens is 322 g/mol. The molecule has 0 radical (unpaired) electrons. The molecule has 1 aromatic rings. The Morgan fingerprint density at radius 2 is 1.67 bits per heavy atom. The largest absolute Gasteiger partial charge is 0.468 e. The monoisotopic (exact) mass is 334 g/mol. The lowest BCUT2D eigenvalue weighted by molar-refractivity contribution is -0.140. The van der Waals surface area contributed by atoms with Crippen LogP contribution in [0.2, 0.25) is 0 Å². The fraction of sp³-hybridized carbons (Fsp3) is 0.250. The highest BCUT2D eigenvalue weighted by atomic mass is 32.5. The summed E-state index contributed by atoms with van der Waals surface area (Å²) < 4.78 is 82.1. The fourth-order valence-corrected chi connectivity index (χ4v) is 3.12. The summed E-state index contributed by atoms with van der Waals surface area (Å²) in [6.07, 6.45) is 0.562. The predicted octanol–water partition coefficient (Wildman–Crippen LogP) is 4.94. The molecule has 0 aliphatic rings. The zero-order valence-electron chi connectivity index (χ0n) is 10.7. The van der Waals surface area contributed by atoms with Crippen LogP contribution in [0, 0.1) is 5.82 Å². The number of benzene rings is 1. The van der Waals surface area contributed by atoms with Crippen molar-refractivity contribution in [1.82, 2.24) is 0 Å². The van der Waals surface area contributed by atoms with Crippen LogP contribution in [-0.4, -0.2) is 18.3 Å². The number of hydrogen-bond donors (Lipinski definition) is 0. The summed E-state index contributed by atoms with van der Waals surface area (Å²) >= 11 is 0. The van der Waals surface area contributed by atoms with Gasteiger partial charge < -0.3 is 4.74 Å². The quantitative estimate of drug-likeness (QED) is 0.433. The van der Waals surface area contributed by atoms with Crippen LogP contribution in [0.3, 0.4) is 0 Å². The molecule has 2 nitrogen and oxygen atoms in total. The number of rotatable bonds is 5. The van der Waals surface area contributed by atoms with Gasteiger partial charge in [-0.25, -0.2) is 4.39 Å². The van der Waals surface area contributed by atoms with Gasteiger partial charge in [0.1, 0.15) is 5.82 Å². The average Bonchev–Trinajstić information content (AvgIpc) is 2.33. The van der Waals surface area contributed by atoms with Crippen molar-refractivity contribution in [1.29, 1.82) is 0 Å². The van der Waals surface area contributed by atoms with E-state index in [1.165, 1.54) is 0 Å². The molecule has 0 aliphatic carbocycles. The van der Waals surface area contributed by atoms with E-state index in [4.69, 9.17) is 0 Å². The Morgan fingerprint density at radius 1 is 1.19 bits per heavy atom. The van der Waals surface area contributed by atoms with Crippen LogP contribution in [0.4, 0.5) is 23.8 Å². The number of halogens is 6. The van der Waals surface area contributed by atoms with Crippen LogP contribution in [0.25, 0.3) is 0 Å². The van der Waals surface area contributed by atoms with Gasteiger partial charge in [0.25, 0.3) is 10.2 Å². The van der Waals surface area contributed by atoms with Crippen molar-refractivity contribution in [2.75, 3.05) is 7.11 Å². The third kappa shape index (κ3) is 4.16. The van der Waals surface area contributed by atoms with Gasteiger partial charge in [0.2, 0.25) is 5.25 Å². The van der Waals surface area contributed by atoms with Crippen LogP contribution < -0.4 is 0 Å². The maximum absolute atomic E-state index is 13.1. The highest BCUT2D eigenvalue weighted by molar-refractivity contribution is 8.46. The average molecular weight is 334 g/mol. The molecule has 1 aromatic carbocycles. The topological polar surface area (TPSA) is 26.3 Å². The summed E-state index contributed by atoms with van der Waals surface area (Å²) in [5, 5.41) is -3.68. The normalized spacial score (nSPS) is 18.0. The Hall–Kier alpha value is -1.64. The van der Waals surface area contributed by atoms with E-state index >= 15 is 0 Å². The van der Waals surface area contributed by atoms with Gasteiger partial charge in [0, 0.05) is 5.92 Å². The van der Waals surface area contributed by atoms with E-state index in [9.17, 15) is 28.6 Å². The van der Waals surface area contributed by atoms with Gasteiger partial charge in [-0.15, -0.1) is 6.58 Å². The number of methoxy groups -OCH3 is 1. The van der Waals surface area contributed by atoms with Crippen LogP contribution in [0.15, 0.2) is 36.9 Å². The van der Waals surface area contributed by atoms with Crippen molar-refractivity contribution in [2.45, 2.75) is 11.2 Å². The number of esters is 1. The minimum atomic E-state index is -10.2. The van der Waals surface area contributed by atoms with Crippen LogP contribution in [0.5, 0.6) is 0 Å². The number of allylic oxidation sites excluding steroid dienone is 1. The SMILES string of the molecule is C=CC(c1ccc(F)cc1)C(C(=O)OC)S(F)(F)(F)(F)F. The van der Waals surface area contributed by atoms with Crippen LogP contribution in [-0.2, 0) is 9.53 Å². The van der Waals surface area contributed by atoms with Gasteiger partial charge in [-0.1, -0.05) is 37.6 Å². The van der Waals surface area contributed by atoms with E-state index in [1.54, 1.807) is 0 Å². The second-order valence-electron chi connectivity index (χ2n) is 4.29. The van der Waals surface area contributed by atoms with E-state index < -0.39 is 33.2 Å². The zero-order chi connectivity index (χ0) is 16.5. The summed E-state index contributed by atoms with van der Waals surface area (Å²) in [4.78, 5) is 11.3. The Morgan fingerprint density at radius 3 is 2.00 bits per heavy atom. The summed E-state index contributed by atoms with van der Waals surface area (Å²) in [6, 6.07) is 3.35. The van der Waals surface area contributed by atoms with Crippen molar-refractivity contribution in [3.8, 4) is 0 Å². The molecule has 0 aromatic heterocycles. The molecule has 2 unspecified atom stereocenters. The number of ether oxygens (including phenoxy) is 1. The zero-order valence-corrected chi connectivity index (χ0v) is 11.6. The molecule has 0 amide bonds. The maximum Gasteiger partial charge on any atom is 0.329 e. The molecule has 2 atom stereocenters. The van der Waals surface area contributed by atoms with Gasteiger partial charge in [0.15, 0.2) is 0 Å². The number of hydrogen-bond acceptors (Lipinski definition) is 2. The molecule has 0 saturated carbocycles. The first-order valence-electron chi connectivity index (χ1n) is 5.49. The van der Waals surface area contributed by atoms with Crippen molar-refractivity contribution in [3.05, 3.63) is 48.3 Å². The summed E-state index contributed by atoms with van der Waals surface area (Å²) in [5.74, 6) is -4.97. The van der Waals surface area contributed by atoms with E-state index in [0.717, 1.165) is 24.3 Å². The number of carbonyl (C=O) groups is 1. The molecule has 0 fully saturated rings. The van der Waals surface area contributed by atoms with Gasteiger partial charge in [-0.05, 0) is 17.7 Å². The van der Waals surface area contributed by atoms with E-state index in [2.05, 4.69) is 11.3 Å². The second kappa shape index (κ2) is 4.69. The van der Waals surface area contributed by atoms with Gasteiger partial charge in [0.05, 0.1) is 7.11 Å². The molecule has 1 rings (SSSR count). The maximum atomic E-state index is 13.1. The van der Waals surface area contributed by atoms with Crippen molar-refractivity contribution in [2.24, 2.45) is 0 Å². The van der Waals surface area contributed by atoms with Gasteiger partial charge in [-0.2, -0.15) is 0 Å². The second-order valence-corrected chi connectivity index (χ2v) is 6.85. The molecule has 21 heavy (non-hydrogen) atoms. The minimum absolute atomic E-state index is 0.324. The summed E-state index contributed by atoms with van der Waals surface area (Å²) in [7, 11) is -9.64. The van der Waals surface area contributed by atoms with Crippen molar-refractivity contribution >= 4 is 16.2 Å². The Balaban J connectivity index is 3.47. The first-order chi connectivity index (χ1) is 9.30. The third-order valence-electron chi connectivity index (χ3n) is 2.75. The molecule has 9 heteroatoms. The molecule has 0 saturated heterocycles. The molecular formula is C12H12F6O2S.